The van der Waals surface area contributed by atoms with E-state index in [1.807, 2.05) is 31.2 Å². The van der Waals surface area contributed by atoms with Crippen LogP contribution in [-0.2, 0) is 0 Å². The van der Waals surface area contributed by atoms with E-state index >= 15 is 0 Å². The molecule has 0 saturated carbocycles. The number of carbonyl (C=O) groups excluding carboxylic acids is 1. The smallest absolute Gasteiger partial charge is 0.271 e. The maximum atomic E-state index is 12.5. The van der Waals surface area contributed by atoms with E-state index in [1.54, 1.807) is 44.2 Å². The van der Waals surface area contributed by atoms with Gasteiger partial charge in [0.05, 0.1) is 31.3 Å². The Morgan fingerprint density at radius 1 is 0.900 bits per heavy atom. The summed E-state index contributed by atoms with van der Waals surface area (Å²) in [6, 6.07) is 19.3. The summed E-state index contributed by atoms with van der Waals surface area (Å²) >= 11 is 1.73. The molecule has 152 valence electrons. The van der Waals surface area contributed by atoms with Gasteiger partial charge in [0, 0.05) is 21.4 Å². The summed E-state index contributed by atoms with van der Waals surface area (Å²) in [5.41, 5.74) is 6.74. The molecule has 6 nitrogen and oxygen atoms in total. The molecular weight excluding hydrogens is 398 g/mol. The first-order valence-electron chi connectivity index (χ1n) is 9.33. The summed E-state index contributed by atoms with van der Waals surface area (Å²) < 4.78 is 10.4. The Morgan fingerprint density at radius 3 is 2.33 bits per heavy atom. The van der Waals surface area contributed by atoms with Crippen molar-refractivity contribution in [3.63, 3.8) is 0 Å². The molecule has 0 aromatic heterocycles. The van der Waals surface area contributed by atoms with Crippen molar-refractivity contribution in [1.82, 2.24) is 5.43 Å². The van der Waals surface area contributed by atoms with Gasteiger partial charge in [0.1, 0.15) is 11.5 Å². The van der Waals surface area contributed by atoms with E-state index < -0.39 is 0 Å². The molecule has 0 saturated heterocycles. The topological polar surface area (TPSA) is 72.0 Å². The molecular formula is C23H21N3O3S. The number of hydrogen-bond acceptors (Lipinski definition) is 6. The molecule has 1 amide bonds. The second kappa shape index (κ2) is 8.51. The number of nitrogens with zero attached hydrogens (tertiary/aromatic N) is 1. The average Bonchev–Trinajstić information content (AvgIpc) is 2.80. The largest absolute Gasteiger partial charge is 0.497 e. The summed E-state index contributed by atoms with van der Waals surface area (Å²) in [4.78, 5) is 14.9. The van der Waals surface area contributed by atoms with E-state index in [0.29, 0.717) is 22.8 Å². The second-order valence-corrected chi connectivity index (χ2v) is 7.76. The lowest BCUT2D eigenvalue weighted by molar-refractivity contribution is 0.0954. The minimum absolute atomic E-state index is 0.341. The highest BCUT2D eigenvalue weighted by Crippen LogP contribution is 2.44. The molecule has 1 heterocycles. The van der Waals surface area contributed by atoms with Crippen LogP contribution < -0.4 is 20.2 Å². The Hall–Kier alpha value is -3.45. The zero-order valence-electron chi connectivity index (χ0n) is 16.9. The first-order chi connectivity index (χ1) is 14.6. The molecule has 0 fully saturated rings. The van der Waals surface area contributed by atoms with Gasteiger partial charge in [-0.05, 0) is 48.9 Å². The fourth-order valence-electron chi connectivity index (χ4n) is 3.07. The zero-order chi connectivity index (χ0) is 21.1. The third kappa shape index (κ3) is 4.11. The van der Waals surface area contributed by atoms with Crippen LogP contribution in [-0.4, -0.2) is 25.8 Å². The fourth-order valence-corrected chi connectivity index (χ4v) is 4.03. The van der Waals surface area contributed by atoms with E-state index in [4.69, 9.17) is 9.47 Å². The van der Waals surface area contributed by atoms with Crippen LogP contribution in [0.4, 0.5) is 11.4 Å². The van der Waals surface area contributed by atoms with Gasteiger partial charge >= 0.3 is 0 Å². The summed E-state index contributed by atoms with van der Waals surface area (Å²) in [6.07, 6.45) is 0. The van der Waals surface area contributed by atoms with Crippen molar-refractivity contribution in [1.29, 1.82) is 0 Å². The van der Waals surface area contributed by atoms with E-state index in [-0.39, 0.29) is 5.91 Å². The maximum Gasteiger partial charge on any atom is 0.271 e. The Bertz CT molecular complexity index is 1120. The molecule has 7 heteroatoms. The van der Waals surface area contributed by atoms with Gasteiger partial charge in [-0.25, -0.2) is 5.43 Å². The van der Waals surface area contributed by atoms with Gasteiger partial charge in [0.25, 0.3) is 5.91 Å². The number of nitrogens with one attached hydrogen (secondary N) is 2. The lowest BCUT2D eigenvalue weighted by atomic mass is 10.1. The molecule has 1 aliphatic heterocycles. The first-order valence-corrected chi connectivity index (χ1v) is 10.1. The van der Waals surface area contributed by atoms with Crippen molar-refractivity contribution in [2.45, 2.75) is 16.7 Å². The number of fused-ring (bicyclic) bond motifs is 2. The predicted molar refractivity (Wildman–Crippen MR) is 120 cm³/mol. The monoisotopic (exact) mass is 419 g/mol. The molecule has 4 rings (SSSR count). The van der Waals surface area contributed by atoms with Crippen LogP contribution in [0.3, 0.4) is 0 Å². The van der Waals surface area contributed by atoms with E-state index in [0.717, 1.165) is 21.8 Å². The number of anilines is 2. The number of ether oxygens (including phenoxy) is 2. The quantitative estimate of drug-likeness (QED) is 0.349. The minimum Gasteiger partial charge on any atom is -0.497 e. The maximum absolute atomic E-state index is 12.5. The fraction of sp³-hybridized carbons (Fsp3) is 0.130. The van der Waals surface area contributed by atoms with Crippen molar-refractivity contribution >= 4 is 34.8 Å². The van der Waals surface area contributed by atoms with Crippen LogP contribution in [0.1, 0.15) is 22.8 Å². The number of carbonyl (C=O) groups is 1. The van der Waals surface area contributed by atoms with E-state index in [2.05, 4.69) is 34.0 Å². The van der Waals surface area contributed by atoms with Crippen LogP contribution in [0, 0.1) is 0 Å². The third-order valence-electron chi connectivity index (χ3n) is 4.71. The molecule has 0 radical (unpaired) electrons. The molecule has 30 heavy (non-hydrogen) atoms. The van der Waals surface area contributed by atoms with Gasteiger partial charge in [-0.3, -0.25) is 4.79 Å². The summed E-state index contributed by atoms with van der Waals surface area (Å²) in [5, 5.41) is 7.74. The van der Waals surface area contributed by atoms with Gasteiger partial charge < -0.3 is 14.8 Å². The predicted octanol–water partition coefficient (Wildman–Crippen LogP) is 5.07. The molecule has 1 aliphatic rings. The van der Waals surface area contributed by atoms with Gasteiger partial charge in [-0.2, -0.15) is 5.10 Å². The summed E-state index contributed by atoms with van der Waals surface area (Å²) in [5.74, 6) is 0.740. The van der Waals surface area contributed by atoms with Crippen LogP contribution in [0.25, 0.3) is 0 Å². The zero-order valence-corrected chi connectivity index (χ0v) is 17.7. The van der Waals surface area contributed by atoms with Crippen molar-refractivity contribution in [3.05, 3.63) is 71.8 Å². The number of methoxy groups -OCH3 is 2. The number of rotatable bonds is 5. The summed E-state index contributed by atoms with van der Waals surface area (Å²) in [6.45, 7) is 1.86. The van der Waals surface area contributed by atoms with Gasteiger partial charge in [0.15, 0.2) is 0 Å². The van der Waals surface area contributed by atoms with Gasteiger partial charge in [-0.1, -0.05) is 30.0 Å². The van der Waals surface area contributed by atoms with E-state index in [9.17, 15) is 4.79 Å². The molecule has 0 aliphatic carbocycles. The molecule has 0 unspecified atom stereocenters. The van der Waals surface area contributed by atoms with Crippen molar-refractivity contribution < 1.29 is 14.3 Å². The molecule has 2 N–H and O–H groups in total. The molecule has 3 aromatic carbocycles. The normalized spacial score (nSPS) is 12.3. The first kappa shape index (κ1) is 19.8. The van der Waals surface area contributed by atoms with Crippen LogP contribution in [0.15, 0.2) is 75.6 Å². The number of para-hydroxylation sites is 1. The molecule has 3 aromatic rings. The second-order valence-electron chi connectivity index (χ2n) is 6.67. The highest BCUT2D eigenvalue weighted by atomic mass is 32.2. The lowest BCUT2D eigenvalue weighted by Gasteiger charge is -2.21. The van der Waals surface area contributed by atoms with E-state index in [1.165, 1.54) is 4.90 Å². The van der Waals surface area contributed by atoms with Gasteiger partial charge in [-0.15, -0.1) is 0 Å². The highest BCUT2D eigenvalue weighted by Gasteiger charge is 2.16. The molecule has 0 atom stereocenters. The number of amides is 1. The van der Waals surface area contributed by atoms with Gasteiger partial charge in [0.2, 0.25) is 0 Å². The minimum atomic E-state index is -0.341. The lowest BCUT2D eigenvalue weighted by Crippen LogP contribution is -2.19. The van der Waals surface area contributed by atoms with Crippen molar-refractivity contribution in [2.75, 3.05) is 19.5 Å². The van der Waals surface area contributed by atoms with Crippen molar-refractivity contribution in [2.24, 2.45) is 5.10 Å². The standard InChI is InChI=1S/C23H21N3O3S/c1-14(25-26-23(27)16-10-17(28-2)13-18(11-16)29-3)15-8-9-22-20(12-15)24-19-6-4-5-7-21(19)30-22/h4-13,24H,1-3H3,(H,26,27)/b25-14-. The Kier molecular flexibility index (Phi) is 5.63. The number of benzene rings is 3. The van der Waals surface area contributed by atoms with Crippen LogP contribution in [0.2, 0.25) is 0 Å². The highest BCUT2D eigenvalue weighted by molar-refractivity contribution is 7.99. The Labute approximate surface area is 179 Å². The molecule has 0 bridgehead atoms. The molecule has 0 spiro atoms. The number of hydrazone groups is 1. The Morgan fingerprint density at radius 2 is 1.60 bits per heavy atom. The van der Waals surface area contributed by atoms with Crippen LogP contribution >= 0.6 is 11.8 Å². The Balaban J connectivity index is 1.51. The number of hydrogen-bond donors (Lipinski definition) is 2. The summed E-state index contributed by atoms with van der Waals surface area (Å²) in [7, 11) is 3.08. The third-order valence-corrected chi connectivity index (χ3v) is 5.86. The van der Waals surface area contributed by atoms with Crippen LogP contribution in [0.5, 0.6) is 11.5 Å². The average molecular weight is 420 g/mol. The van der Waals surface area contributed by atoms with Crippen molar-refractivity contribution in [3.8, 4) is 11.5 Å². The SMILES string of the molecule is COc1cc(OC)cc(C(=O)N/N=C(/C)c2ccc3c(c2)Nc2ccccc2S3)c1.